The number of amides is 2. The van der Waals surface area contributed by atoms with Gasteiger partial charge >= 0.3 is 0 Å². The van der Waals surface area contributed by atoms with Crippen molar-refractivity contribution >= 4 is 57.1 Å². The first kappa shape index (κ1) is 20.2. The minimum atomic E-state index is -0.291. The normalized spacial score (nSPS) is 15.4. The number of ether oxygens (including phenoxy) is 1. The molecule has 4 rings (SSSR count). The van der Waals surface area contributed by atoms with Gasteiger partial charge in [0.25, 0.3) is 5.91 Å². The molecule has 3 aromatic rings. The Kier molecular flexibility index (Phi) is 5.91. The third kappa shape index (κ3) is 4.27. The van der Waals surface area contributed by atoms with E-state index < -0.39 is 0 Å². The maximum Gasteiger partial charge on any atom is 0.266 e. The predicted octanol–water partition coefficient (Wildman–Crippen LogP) is 3.33. The van der Waals surface area contributed by atoms with Crippen molar-refractivity contribution in [2.24, 2.45) is 0 Å². The van der Waals surface area contributed by atoms with Crippen molar-refractivity contribution in [2.45, 2.75) is 6.42 Å². The van der Waals surface area contributed by atoms with Crippen molar-refractivity contribution in [3.8, 4) is 5.75 Å². The molecular weight excluding hydrogens is 422 g/mol. The zero-order valence-corrected chi connectivity index (χ0v) is 17.8. The number of fused-ring (bicyclic) bond motifs is 1. The van der Waals surface area contributed by atoms with E-state index in [1.807, 2.05) is 24.4 Å². The second-order valence-corrected chi connectivity index (χ2v) is 8.28. The summed E-state index contributed by atoms with van der Waals surface area (Å²) in [5.74, 6) is 0.794. The van der Waals surface area contributed by atoms with Crippen LogP contribution >= 0.6 is 24.0 Å². The molecule has 0 aliphatic carbocycles. The van der Waals surface area contributed by atoms with E-state index in [0.717, 1.165) is 34.0 Å². The van der Waals surface area contributed by atoms with Crippen LogP contribution < -0.4 is 10.1 Å². The molecule has 0 bridgehead atoms. The Bertz CT molecular complexity index is 1130. The smallest absolute Gasteiger partial charge is 0.266 e. The number of H-pyrrole nitrogens is 1. The molecule has 1 aliphatic rings. The van der Waals surface area contributed by atoms with Crippen LogP contribution in [-0.4, -0.2) is 46.2 Å². The van der Waals surface area contributed by atoms with Crippen LogP contribution in [0.25, 0.3) is 17.0 Å². The molecule has 1 aromatic carbocycles. The standard InChI is InChI=1S/C21H19N3O4S2/c1-27-14-4-5-17-16(9-14)13(11-23-17)6-7-22-19(25)12-24-20(26)18(30-21(24)29)10-15-3-2-8-28-15/h2-5,8-11,23H,6-7,12H2,1H3,(H,22,25)/b18-10-. The summed E-state index contributed by atoms with van der Waals surface area (Å²) in [4.78, 5) is 29.9. The van der Waals surface area contributed by atoms with Crippen LogP contribution in [0.1, 0.15) is 11.3 Å². The van der Waals surface area contributed by atoms with Gasteiger partial charge in [-0.15, -0.1) is 0 Å². The Morgan fingerprint density at radius 2 is 2.27 bits per heavy atom. The molecule has 30 heavy (non-hydrogen) atoms. The fourth-order valence-corrected chi connectivity index (χ4v) is 4.40. The maximum absolute atomic E-state index is 12.6. The SMILES string of the molecule is COc1ccc2[nH]cc(CCNC(=O)CN3C(=O)/C(=C/c4ccco4)SC3=S)c2c1. The molecule has 0 unspecified atom stereocenters. The molecule has 2 amide bonds. The van der Waals surface area contributed by atoms with Gasteiger partial charge in [0.15, 0.2) is 0 Å². The monoisotopic (exact) mass is 441 g/mol. The predicted molar refractivity (Wildman–Crippen MR) is 120 cm³/mol. The van der Waals surface area contributed by atoms with Crippen molar-refractivity contribution in [1.29, 1.82) is 0 Å². The summed E-state index contributed by atoms with van der Waals surface area (Å²) in [6, 6.07) is 9.31. The number of rotatable bonds is 7. The van der Waals surface area contributed by atoms with E-state index in [-0.39, 0.29) is 18.4 Å². The first-order valence-electron chi connectivity index (χ1n) is 9.24. The molecule has 154 valence electrons. The summed E-state index contributed by atoms with van der Waals surface area (Å²) in [6.07, 6.45) is 5.74. The maximum atomic E-state index is 12.6. The summed E-state index contributed by atoms with van der Waals surface area (Å²) >= 11 is 6.43. The lowest BCUT2D eigenvalue weighted by Gasteiger charge is -2.14. The number of hydrogen-bond acceptors (Lipinski definition) is 6. The van der Waals surface area contributed by atoms with E-state index in [9.17, 15) is 9.59 Å². The molecule has 2 aromatic heterocycles. The lowest BCUT2D eigenvalue weighted by molar-refractivity contribution is -0.128. The Hall–Kier alpha value is -3.04. The van der Waals surface area contributed by atoms with Gasteiger partial charge in [-0.3, -0.25) is 14.5 Å². The Morgan fingerprint density at radius 3 is 3.03 bits per heavy atom. The molecule has 0 atom stereocenters. The third-order valence-electron chi connectivity index (χ3n) is 4.68. The van der Waals surface area contributed by atoms with E-state index in [4.69, 9.17) is 21.4 Å². The summed E-state index contributed by atoms with van der Waals surface area (Å²) in [6.45, 7) is 0.335. The molecule has 9 heteroatoms. The number of aromatic nitrogens is 1. The van der Waals surface area contributed by atoms with Crippen molar-refractivity contribution in [3.63, 3.8) is 0 Å². The Morgan fingerprint density at radius 1 is 1.40 bits per heavy atom. The van der Waals surface area contributed by atoms with Gasteiger partial charge in [0.1, 0.15) is 22.4 Å². The second kappa shape index (κ2) is 8.76. The molecule has 2 N–H and O–H groups in total. The van der Waals surface area contributed by atoms with Crippen molar-refractivity contribution in [1.82, 2.24) is 15.2 Å². The van der Waals surface area contributed by atoms with E-state index >= 15 is 0 Å². The minimum absolute atomic E-state index is 0.109. The van der Waals surface area contributed by atoms with Crippen LogP contribution in [-0.2, 0) is 16.0 Å². The molecule has 0 spiro atoms. The minimum Gasteiger partial charge on any atom is -0.497 e. The molecule has 1 aliphatic heterocycles. The average molecular weight is 442 g/mol. The van der Waals surface area contributed by atoms with Crippen LogP contribution in [0, 0.1) is 0 Å². The van der Waals surface area contributed by atoms with Gasteiger partial charge in [-0.25, -0.2) is 0 Å². The van der Waals surface area contributed by atoms with E-state index in [1.54, 1.807) is 25.3 Å². The van der Waals surface area contributed by atoms with Crippen LogP contribution in [0.5, 0.6) is 5.75 Å². The topological polar surface area (TPSA) is 87.6 Å². The highest BCUT2D eigenvalue weighted by atomic mass is 32.2. The number of thiocarbonyl (C=S) groups is 1. The second-order valence-electron chi connectivity index (χ2n) is 6.61. The number of methoxy groups -OCH3 is 1. The Labute approximate surface area is 182 Å². The Balaban J connectivity index is 1.33. The zero-order chi connectivity index (χ0) is 21.1. The number of carbonyl (C=O) groups excluding carboxylic acids is 2. The number of aromatic amines is 1. The number of thioether (sulfide) groups is 1. The van der Waals surface area contributed by atoms with Crippen LogP contribution in [0.4, 0.5) is 0 Å². The first-order valence-corrected chi connectivity index (χ1v) is 10.5. The van der Waals surface area contributed by atoms with Gasteiger partial charge < -0.3 is 19.5 Å². The van der Waals surface area contributed by atoms with Crippen LogP contribution in [0.15, 0.2) is 52.1 Å². The summed E-state index contributed by atoms with van der Waals surface area (Å²) < 4.78 is 10.9. The number of furan rings is 1. The van der Waals surface area contributed by atoms with Crippen molar-refractivity contribution in [2.75, 3.05) is 20.2 Å². The number of hydrogen-bond donors (Lipinski definition) is 2. The quantitative estimate of drug-likeness (QED) is 0.432. The van der Waals surface area contributed by atoms with Crippen molar-refractivity contribution in [3.05, 3.63) is 59.0 Å². The van der Waals surface area contributed by atoms with Gasteiger partial charge in [0.2, 0.25) is 5.91 Å². The van der Waals surface area contributed by atoms with E-state index in [0.29, 0.717) is 28.0 Å². The van der Waals surface area contributed by atoms with Gasteiger partial charge in [-0.05, 0) is 42.3 Å². The summed E-state index contributed by atoms with van der Waals surface area (Å²) in [5, 5.41) is 3.92. The fourth-order valence-electron chi connectivity index (χ4n) is 3.17. The number of nitrogens with zero attached hydrogens (tertiary/aromatic N) is 1. The van der Waals surface area contributed by atoms with E-state index in [1.165, 1.54) is 11.2 Å². The van der Waals surface area contributed by atoms with Crippen LogP contribution in [0.3, 0.4) is 0 Å². The highest BCUT2D eigenvalue weighted by Crippen LogP contribution is 2.32. The lowest BCUT2D eigenvalue weighted by Crippen LogP contribution is -2.40. The lowest BCUT2D eigenvalue weighted by atomic mass is 10.1. The highest BCUT2D eigenvalue weighted by Gasteiger charge is 2.33. The molecule has 0 radical (unpaired) electrons. The summed E-state index contributed by atoms with van der Waals surface area (Å²) in [7, 11) is 1.63. The largest absolute Gasteiger partial charge is 0.497 e. The highest BCUT2D eigenvalue weighted by molar-refractivity contribution is 8.26. The fraction of sp³-hybridized carbons (Fsp3) is 0.190. The average Bonchev–Trinajstić information content (AvgIpc) is 3.45. The molecular formula is C21H19N3O4S2. The molecule has 1 saturated heterocycles. The molecule has 1 fully saturated rings. The summed E-state index contributed by atoms with van der Waals surface area (Å²) in [5.41, 5.74) is 2.09. The first-order chi connectivity index (χ1) is 14.5. The molecule has 7 nitrogen and oxygen atoms in total. The number of benzene rings is 1. The number of carbonyl (C=O) groups is 2. The van der Waals surface area contributed by atoms with Crippen LogP contribution in [0.2, 0.25) is 0 Å². The van der Waals surface area contributed by atoms with Gasteiger partial charge in [-0.1, -0.05) is 24.0 Å². The van der Waals surface area contributed by atoms with E-state index in [2.05, 4.69) is 10.3 Å². The van der Waals surface area contributed by atoms with Gasteiger partial charge in [0.05, 0.1) is 18.3 Å². The van der Waals surface area contributed by atoms with Gasteiger partial charge in [0, 0.05) is 29.7 Å². The zero-order valence-electron chi connectivity index (χ0n) is 16.1. The van der Waals surface area contributed by atoms with Gasteiger partial charge in [-0.2, -0.15) is 0 Å². The number of nitrogens with one attached hydrogen (secondary N) is 2. The molecule has 3 heterocycles. The molecule has 0 saturated carbocycles. The third-order valence-corrected chi connectivity index (χ3v) is 6.06. The van der Waals surface area contributed by atoms with Crippen molar-refractivity contribution < 1.29 is 18.7 Å².